The molecule has 0 aliphatic carbocycles. The molecule has 0 aliphatic heterocycles. The second-order valence-corrected chi connectivity index (χ2v) is 6.04. The van der Waals surface area contributed by atoms with E-state index in [0.717, 1.165) is 18.7 Å². The number of carbonyl (C=O) groups excluding carboxylic acids is 1. The molecule has 6 nitrogen and oxygen atoms in total. The summed E-state index contributed by atoms with van der Waals surface area (Å²) in [5, 5.41) is 11.9. The maximum atomic E-state index is 12.5. The van der Waals surface area contributed by atoms with Gasteiger partial charge in [0.25, 0.3) is 5.91 Å². The van der Waals surface area contributed by atoms with Gasteiger partial charge < -0.3 is 10.2 Å². The van der Waals surface area contributed by atoms with Crippen LogP contribution in [0.15, 0.2) is 67.1 Å². The van der Waals surface area contributed by atoms with Crippen LogP contribution >= 0.6 is 0 Å². The summed E-state index contributed by atoms with van der Waals surface area (Å²) in [5.41, 5.74) is 3.30. The van der Waals surface area contributed by atoms with Crippen LogP contribution in [0.5, 0.6) is 0 Å². The number of nitriles is 1. The van der Waals surface area contributed by atoms with Crippen LogP contribution in [0, 0.1) is 11.3 Å². The highest BCUT2D eigenvalue weighted by atomic mass is 16.1. The normalized spacial score (nSPS) is 10.1. The monoisotopic (exact) mass is 357 g/mol. The highest BCUT2D eigenvalue weighted by molar-refractivity contribution is 6.04. The Morgan fingerprint density at radius 3 is 2.70 bits per heavy atom. The van der Waals surface area contributed by atoms with E-state index in [9.17, 15) is 4.79 Å². The van der Waals surface area contributed by atoms with Crippen LogP contribution in [0.25, 0.3) is 0 Å². The molecule has 0 atom stereocenters. The fourth-order valence-corrected chi connectivity index (χ4v) is 2.63. The molecule has 0 unspecified atom stereocenters. The molecule has 6 heteroatoms. The molecule has 134 valence electrons. The molecule has 1 N–H and O–H groups in total. The van der Waals surface area contributed by atoms with E-state index in [4.69, 9.17) is 5.26 Å². The minimum absolute atomic E-state index is 0.302. The lowest BCUT2D eigenvalue weighted by molar-refractivity contribution is 0.102. The van der Waals surface area contributed by atoms with Gasteiger partial charge in [-0.1, -0.05) is 12.1 Å². The number of hydrogen-bond donors (Lipinski definition) is 1. The molecule has 0 radical (unpaired) electrons. The van der Waals surface area contributed by atoms with Crippen LogP contribution in [0.4, 0.5) is 11.4 Å². The summed E-state index contributed by atoms with van der Waals surface area (Å²) in [6, 6.07) is 16.5. The minimum Gasteiger partial charge on any atom is -0.374 e. The van der Waals surface area contributed by atoms with Gasteiger partial charge in [-0.05, 0) is 48.4 Å². The largest absolute Gasteiger partial charge is 0.374 e. The van der Waals surface area contributed by atoms with Gasteiger partial charge in [-0.25, -0.2) is 0 Å². The Balaban J connectivity index is 1.69. The highest BCUT2D eigenvalue weighted by Crippen LogP contribution is 2.17. The molecule has 27 heavy (non-hydrogen) atoms. The maximum Gasteiger partial charge on any atom is 0.274 e. The molecular formula is C21H19N5O. The molecule has 3 rings (SSSR count). The van der Waals surface area contributed by atoms with E-state index in [-0.39, 0.29) is 5.91 Å². The van der Waals surface area contributed by atoms with Crippen molar-refractivity contribution in [3.63, 3.8) is 0 Å². The van der Waals surface area contributed by atoms with E-state index in [1.54, 1.807) is 48.9 Å². The predicted octanol–water partition coefficient (Wildman–Crippen LogP) is 3.28. The number of hydrogen-bond acceptors (Lipinski definition) is 5. The number of carbonyl (C=O) groups is 1. The zero-order valence-corrected chi connectivity index (χ0v) is 15.0. The van der Waals surface area contributed by atoms with E-state index < -0.39 is 0 Å². The first-order valence-corrected chi connectivity index (χ1v) is 8.54. The van der Waals surface area contributed by atoms with Gasteiger partial charge in [-0.15, -0.1) is 0 Å². The number of amides is 1. The standard InChI is InChI=1S/C21H19N5O/c1-26(13-9-16-6-10-23-11-7-16)18-8-12-24-20(14-18)21(27)25-19-5-3-2-4-17(19)15-22/h2-8,10-12,14H,9,13H2,1H3,(H,25,27). The Bertz CT molecular complexity index is 966. The lowest BCUT2D eigenvalue weighted by atomic mass is 10.2. The number of nitrogens with zero attached hydrogens (tertiary/aromatic N) is 4. The number of benzene rings is 1. The summed E-state index contributed by atoms with van der Waals surface area (Å²) in [5.74, 6) is -0.345. The fraction of sp³-hybridized carbons (Fsp3) is 0.143. The lowest BCUT2D eigenvalue weighted by Gasteiger charge is -2.19. The maximum absolute atomic E-state index is 12.5. The van der Waals surface area contributed by atoms with Crippen molar-refractivity contribution in [3.05, 3.63) is 83.9 Å². The van der Waals surface area contributed by atoms with E-state index in [1.165, 1.54) is 5.56 Å². The predicted molar refractivity (Wildman–Crippen MR) is 105 cm³/mol. The molecule has 0 spiro atoms. The van der Waals surface area contributed by atoms with Gasteiger partial charge in [0.1, 0.15) is 11.8 Å². The van der Waals surface area contributed by atoms with Gasteiger partial charge >= 0.3 is 0 Å². The number of rotatable bonds is 6. The SMILES string of the molecule is CN(CCc1ccncc1)c1ccnc(C(=O)Nc2ccccc2C#N)c1. The average molecular weight is 357 g/mol. The molecular weight excluding hydrogens is 338 g/mol. The van der Waals surface area contributed by atoms with Crippen molar-refractivity contribution in [2.24, 2.45) is 0 Å². The van der Waals surface area contributed by atoms with E-state index in [1.807, 2.05) is 25.2 Å². The number of anilines is 2. The van der Waals surface area contributed by atoms with Gasteiger partial charge in [0.2, 0.25) is 0 Å². The molecule has 1 aromatic carbocycles. The first-order valence-electron chi connectivity index (χ1n) is 8.54. The molecule has 0 saturated heterocycles. The Morgan fingerprint density at radius 2 is 1.93 bits per heavy atom. The highest BCUT2D eigenvalue weighted by Gasteiger charge is 2.12. The summed E-state index contributed by atoms with van der Waals surface area (Å²) in [6.07, 6.45) is 6.05. The third-order valence-electron chi connectivity index (χ3n) is 4.20. The Hall–Kier alpha value is -3.72. The zero-order valence-electron chi connectivity index (χ0n) is 15.0. The van der Waals surface area contributed by atoms with Crippen molar-refractivity contribution in [1.82, 2.24) is 9.97 Å². The van der Waals surface area contributed by atoms with Gasteiger partial charge in [0, 0.05) is 37.9 Å². The number of likely N-dealkylation sites (N-methyl/N-ethyl adjacent to an activating group) is 1. The van der Waals surface area contributed by atoms with Crippen molar-refractivity contribution in [2.45, 2.75) is 6.42 Å². The lowest BCUT2D eigenvalue weighted by Crippen LogP contribution is -2.21. The van der Waals surface area contributed by atoms with Crippen molar-refractivity contribution >= 4 is 17.3 Å². The minimum atomic E-state index is -0.345. The van der Waals surface area contributed by atoms with Crippen LogP contribution in [0.2, 0.25) is 0 Å². The van der Waals surface area contributed by atoms with Crippen LogP contribution in [-0.2, 0) is 6.42 Å². The first kappa shape index (κ1) is 18.1. The second kappa shape index (κ2) is 8.59. The van der Waals surface area contributed by atoms with E-state index >= 15 is 0 Å². The molecule has 3 aromatic rings. The fourth-order valence-electron chi connectivity index (χ4n) is 2.63. The summed E-state index contributed by atoms with van der Waals surface area (Å²) >= 11 is 0. The van der Waals surface area contributed by atoms with E-state index in [0.29, 0.717) is 16.9 Å². The molecule has 1 amide bonds. The molecule has 0 fully saturated rings. The Kier molecular flexibility index (Phi) is 5.75. The third kappa shape index (κ3) is 4.67. The van der Waals surface area contributed by atoms with Crippen LogP contribution < -0.4 is 10.2 Å². The summed E-state index contributed by atoms with van der Waals surface area (Å²) in [7, 11) is 1.98. The van der Waals surface area contributed by atoms with Crippen LogP contribution in [0.1, 0.15) is 21.6 Å². The molecule has 0 aliphatic rings. The molecule has 0 saturated carbocycles. The van der Waals surface area contributed by atoms with Crippen LogP contribution in [0.3, 0.4) is 0 Å². The third-order valence-corrected chi connectivity index (χ3v) is 4.20. The number of nitrogens with one attached hydrogen (secondary N) is 1. The van der Waals surface area contributed by atoms with Crippen LogP contribution in [-0.4, -0.2) is 29.5 Å². The van der Waals surface area contributed by atoms with Crippen molar-refractivity contribution < 1.29 is 4.79 Å². The van der Waals surface area contributed by atoms with Crippen molar-refractivity contribution in [3.8, 4) is 6.07 Å². The quantitative estimate of drug-likeness (QED) is 0.732. The summed E-state index contributed by atoms with van der Waals surface area (Å²) in [4.78, 5) is 22.8. The number of aromatic nitrogens is 2. The van der Waals surface area contributed by atoms with Gasteiger partial charge in [0.15, 0.2) is 0 Å². The number of pyridine rings is 2. The smallest absolute Gasteiger partial charge is 0.274 e. The van der Waals surface area contributed by atoms with Gasteiger partial charge in [-0.2, -0.15) is 5.26 Å². The Morgan fingerprint density at radius 1 is 1.15 bits per heavy atom. The average Bonchev–Trinajstić information content (AvgIpc) is 2.73. The van der Waals surface area contributed by atoms with Gasteiger partial charge in [0.05, 0.1) is 11.3 Å². The molecule has 2 heterocycles. The van der Waals surface area contributed by atoms with Crippen molar-refractivity contribution in [1.29, 1.82) is 5.26 Å². The summed E-state index contributed by atoms with van der Waals surface area (Å²) in [6.45, 7) is 0.798. The molecule has 2 aromatic heterocycles. The van der Waals surface area contributed by atoms with Gasteiger partial charge in [-0.3, -0.25) is 14.8 Å². The topological polar surface area (TPSA) is 81.9 Å². The van der Waals surface area contributed by atoms with E-state index in [2.05, 4.69) is 26.3 Å². The second-order valence-electron chi connectivity index (χ2n) is 6.04. The molecule has 0 bridgehead atoms. The summed E-state index contributed by atoms with van der Waals surface area (Å²) < 4.78 is 0. The Labute approximate surface area is 158 Å². The first-order chi connectivity index (χ1) is 13.2. The van der Waals surface area contributed by atoms with Crippen molar-refractivity contribution in [2.75, 3.05) is 23.8 Å². The zero-order chi connectivity index (χ0) is 19.1. The number of para-hydroxylation sites is 1.